The lowest BCUT2D eigenvalue weighted by Gasteiger charge is -2.06. The number of aromatic hydroxyl groups is 1. The quantitative estimate of drug-likeness (QED) is 0.730. The van der Waals surface area contributed by atoms with Gasteiger partial charge in [0.15, 0.2) is 11.5 Å². The van der Waals surface area contributed by atoms with Gasteiger partial charge in [0.1, 0.15) is 12.4 Å². The van der Waals surface area contributed by atoms with Crippen LogP contribution in [-0.2, 0) is 4.79 Å². The number of nitrogens with one attached hydrogen (secondary N) is 1. The van der Waals surface area contributed by atoms with Gasteiger partial charge in [-0.05, 0) is 18.2 Å². The molecule has 0 atom stereocenters. The van der Waals surface area contributed by atoms with Gasteiger partial charge in [-0.1, -0.05) is 0 Å². The van der Waals surface area contributed by atoms with E-state index in [1.54, 1.807) is 12.1 Å². The number of ether oxygens (including phenoxy) is 1. The summed E-state index contributed by atoms with van der Waals surface area (Å²) in [5.41, 5.74) is 0.718. The minimum absolute atomic E-state index is 0.0613. The Balaban J connectivity index is 2.33. The number of hydrogen-bond acceptors (Lipinski definition) is 4. The molecule has 0 aliphatic carbocycles. The molecule has 1 heterocycles. The standard InChI is InChI=1S/C10H10N2O3/c1-15-8-4-6(2-3-7(8)13)10-11-5-9(14)12-10/h2-4,13H,5H2,1H3,(H,11,12,14). The number of nitrogens with zero attached hydrogens (tertiary/aromatic N) is 1. The highest BCUT2D eigenvalue weighted by Gasteiger charge is 2.16. The molecule has 0 spiro atoms. The SMILES string of the molecule is COc1cc(C2=NCC(=O)N2)ccc1O. The monoisotopic (exact) mass is 206 g/mol. The lowest BCUT2D eigenvalue weighted by atomic mass is 10.2. The summed E-state index contributed by atoms with van der Waals surface area (Å²) in [5, 5.41) is 12.0. The highest BCUT2D eigenvalue weighted by Crippen LogP contribution is 2.26. The average Bonchev–Trinajstić information content (AvgIpc) is 2.66. The second-order valence-corrected chi connectivity index (χ2v) is 3.10. The number of methoxy groups -OCH3 is 1. The Kier molecular flexibility index (Phi) is 2.29. The fourth-order valence-corrected chi connectivity index (χ4v) is 1.35. The van der Waals surface area contributed by atoms with Crippen LogP contribution in [0.2, 0.25) is 0 Å². The van der Waals surface area contributed by atoms with Crippen molar-refractivity contribution in [1.29, 1.82) is 0 Å². The first-order valence-electron chi connectivity index (χ1n) is 4.42. The fraction of sp³-hybridized carbons (Fsp3) is 0.200. The van der Waals surface area contributed by atoms with Gasteiger partial charge in [-0.3, -0.25) is 9.79 Å². The largest absolute Gasteiger partial charge is 0.504 e. The van der Waals surface area contributed by atoms with Crippen molar-refractivity contribution in [1.82, 2.24) is 5.32 Å². The van der Waals surface area contributed by atoms with Gasteiger partial charge < -0.3 is 15.2 Å². The van der Waals surface area contributed by atoms with Crippen LogP contribution in [0.1, 0.15) is 5.56 Å². The summed E-state index contributed by atoms with van der Waals surface area (Å²) in [6.45, 7) is 0.151. The maximum absolute atomic E-state index is 10.9. The molecule has 0 unspecified atom stereocenters. The molecule has 0 saturated carbocycles. The van der Waals surface area contributed by atoms with Crippen LogP contribution < -0.4 is 10.1 Å². The first-order chi connectivity index (χ1) is 7.20. The lowest BCUT2D eigenvalue weighted by Crippen LogP contribution is -2.25. The molecule has 1 aliphatic heterocycles. The molecule has 78 valence electrons. The minimum Gasteiger partial charge on any atom is -0.504 e. The van der Waals surface area contributed by atoms with Gasteiger partial charge in [-0.15, -0.1) is 0 Å². The molecule has 0 radical (unpaired) electrons. The van der Waals surface area contributed by atoms with E-state index in [1.165, 1.54) is 13.2 Å². The number of amidine groups is 1. The van der Waals surface area contributed by atoms with E-state index in [0.717, 1.165) is 5.56 Å². The fourth-order valence-electron chi connectivity index (χ4n) is 1.35. The van der Waals surface area contributed by atoms with E-state index in [0.29, 0.717) is 11.6 Å². The van der Waals surface area contributed by atoms with Crippen LogP contribution in [0.5, 0.6) is 11.5 Å². The summed E-state index contributed by atoms with van der Waals surface area (Å²) in [5.74, 6) is 0.804. The molecular formula is C10H10N2O3. The van der Waals surface area contributed by atoms with Crippen molar-refractivity contribution in [3.63, 3.8) is 0 Å². The summed E-state index contributed by atoms with van der Waals surface area (Å²) in [6.07, 6.45) is 0. The van der Waals surface area contributed by atoms with E-state index in [-0.39, 0.29) is 18.2 Å². The van der Waals surface area contributed by atoms with Crippen LogP contribution in [-0.4, -0.2) is 30.5 Å². The van der Waals surface area contributed by atoms with Gasteiger partial charge in [-0.2, -0.15) is 0 Å². The van der Waals surface area contributed by atoms with Crippen LogP contribution in [0.15, 0.2) is 23.2 Å². The van der Waals surface area contributed by atoms with Gasteiger partial charge >= 0.3 is 0 Å². The molecule has 1 amide bonds. The number of benzene rings is 1. The first-order valence-corrected chi connectivity index (χ1v) is 4.42. The van der Waals surface area contributed by atoms with E-state index in [4.69, 9.17) is 4.74 Å². The maximum Gasteiger partial charge on any atom is 0.247 e. The lowest BCUT2D eigenvalue weighted by molar-refractivity contribution is -0.117. The van der Waals surface area contributed by atoms with E-state index in [2.05, 4.69) is 10.3 Å². The van der Waals surface area contributed by atoms with Gasteiger partial charge in [0.2, 0.25) is 5.91 Å². The number of carbonyl (C=O) groups is 1. The van der Waals surface area contributed by atoms with Crippen molar-refractivity contribution in [3.05, 3.63) is 23.8 Å². The third-order valence-corrected chi connectivity index (χ3v) is 2.09. The zero-order chi connectivity index (χ0) is 10.8. The summed E-state index contributed by atoms with van der Waals surface area (Å²) < 4.78 is 4.95. The summed E-state index contributed by atoms with van der Waals surface area (Å²) in [7, 11) is 1.47. The van der Waals surface area contributed by atoms with Crippen LogP contribution in [0, 0.1) is 0 Å². The second kappa shape index (κ2) is 3.61. The van der Waals surface area contributed by atoms with Gasteiger partial charge in [-0.25, -0.2) is 0 Å². The van der Waals surface area contributed by atoms with Crippen molar-refractivity contribution in [2.24, 2.45) is 4.99 Å². The highest BCUT2D eigenvalue weighted by atomic mass is 16.5. The maximum atomic E-state index is 10.9. The predicted molar refractivity (Wildman–Crippen MR) is 54.2 cm³/mol. The Morgan fingerprint density at radius 1 is 1.53 bits per heavy atom. The Hall–Kier alpha value is -2.04. The number of aliphatic imine (C=N–C) groups is 1. The van der Waals surface area contributed by atoms with E-state index < -0.39 is 0 Å². The molecule has 1 aromatic rings. The summed E-state index contributed by atoms with van der Waals surface area (Å²) in [4.78, 5) is 15.0. The molecule has 1 aromatic carbocycles. The third-order valence-electron chi connectivity index (χ3n) is 2.09. The predicted octanol–water partition coefficient (Wildman–Crippen LogP) is 0.277. The van der Waals surface area contributed by atoms with E-state index in [1.807, 2.05) is 0 Å². The van der Waals surface area contributed by atoms with Gasteiger partial charge in [0.05, 0.1) is 7.11 Å². The molecule has 15 heavy (non-hydrogen) atoms. The van der Waals surface area contributed by atoms with Crippen molar-refractivity contribution in [3.8, 4) is 11.5 Å². The number of phenols is 1. The van der Waals surface area contributed by atoms with Crippen LogP contribution in [0.3, 0.4) is 0 Å². The molecule has 0 bridgehead atoms. The number of phenolic OH excluding ortho intramolecular Hbond substituents is 1. The molecule has 0 fully saturated rings. The van der Waals surface area contributed by atoms with Crippen molar-refractivity contribution in [2.45, 2.75) is 0 Å². The molecule has 0 saturated heterocycles. The molecule has 5 heteroatoms. The zero-order valence-corrected chi connectivity index (χ0v) is 8.15. The smallest absolute Gasteiger partial charge is 0.247 e. The van der Waals surface area contributed by atoms with Gasteiger partial charge in [0.25, 0.3) is 0 Å². The highest BCUT2D eigenvalue weighted by molar-refractivity contribution is 6.12. The van der Waals surface area contributed by atoms with Gasteiger partial charge in [0, 0.05) is 5.56 Å². The molecule has 2 N–H and O–H groups in total. The van der Waals surface area contributed by atoms with Crippen molar-refractivity contribution >= 4 is 11.7 Å². The molecule has 1 aliphatic rings. The Bertz CT molecular complexity index is 440. The van der Waals surface area contributed by atoms with E-state index in [9.17, 15) is 9.90 Å². The summed E-state index contributed by atoms with van der Waals surface area (Å²) >= 11 is 0. The normalized spacial score (nSPS) is 14.7. The second-order valence-electron chi connectivity index (χ2n) is 3.10. The Morgan fingerprint density at radius 3 is 2.93 bits per heavy atom. The zero-order valence-electron chi connectivity index (χ0n) is 8.15. The number of hydrogen-bond donors (Lipinski definition) is 2. The Morgan fingerprint density at radius 2 is 2.33 bits per heavy atom. The molecule has 5 nitrogen and oxygen atoms in total. The molecule has 2 rings (SSSR count). The summed E-state index contributed by atoms with van der Waals surface area (Å²) in [6, 6.07) is 4.79. The Labute approximate surface area is 86.4 Å². The molecular weight excluding hydrogens is 196 g/mol. The van der Waals surface area contributed by atoms with Crippen LogP contribution >= 0.6 is 0 Å². The molecule has 0 aromatic heterocycles. The third kappa shape index (κ3) is 1.76. The topological polar surface area (TPSA) is 70.9 Å². The number of carbonyl (C=O) groups excluding carboxylic acids is 1. The van der Waals surface area contributed by atoms with Crippen LogP contribution in [0.25, 0.3) is 0 Å². The van der Waals surface area contributed by atoms with Crippen molar-refractivity contribution in [2.75, 3.05) is 13.7 Å². The van der Waals surface area contributed by atoms with Crippen LogP contribution in [0.4, 0.5) is 0 Å². The van der Waals surface area contributed by atoms with Crippen molar-refractivity contribution < 1.29 is 14.6 Å². The minimum atomic E-state index is -0.128. The first kappa shape index (κ1) is 9.51. The number of rotatable bonds is 2. The average molecular weight is 206 g/mol. The number of amides is 1. The van der Waals surface area contributed by atoms with E-state index >= 15 is 0 Å².